The van der Waals surface area contributed by atoms with Crippen molar-refractivity contribution >= 4 is 11.8 Å². The van der Waals surface area contributed by atoms with Crippen LogP contribution in [0.4, 0.5) is 0 Å². The summed E-state index contributed by atoms with van der Waals surface area (Å²) in [7, 11) is 0. The predicted molar refractivity (Wildman–Crippen MR) is 83.7 cm³/mol. The highest BCUT2D eigenvalue weighted by Gasteiger charge is 2.29. The van der Waals surface area contributed by atoms with Crippen LogP contribution in [0.2, 0.25) is 0 Å². The van der Waals surface area contributed by atoms with E-state index in [-0.39, 0.29) is 17.7 Å². The predicted octanol–water partition coefficient (Wildman–Crippen LogP) is 2.50. The topological polar surface area (TPSA) is 49.4 Å². The van der Waals surface area contributed by atoms with Gasteiger partial charge in [0.25, 0.3) is 0 Å². The van der Waals surface area contributed by atoms with Crippen molar-refractivity contribution in [2.45, 2.75) is 52.9 Å². The minimum Gasteiger partial charge on any atom is -0.356 e. The first kappa shape index (κ1) is 16.1. The van der Waals surface area contributed by atoms with E-state index in [1.54, 1.807) is 0 Å². The second-order valence-electron chi connectivity index (χ2n) is 6.82. The van der Waals surface area contributed by atoms with Crippen LogP contribution >= 0.6 is 0 Å². The fourth-order valence-electron chi connectivity index (χ4n) is 2.64. The highest BCUT2D eigenvalue weighted by atomic mass is 16.2. The number of piperidine rings is 1. The molecule has 2 aliphatic rings. The van der Waals surface area contributed by atoms with Crippen LogP contribution in [0, 0.1) is 11.8 Å². The quantitative estimate of drug-likeness (QED) is 0.792. The van der Waals surface area contributed by atoms with Gasteiger partial charge in [-0.15, -0.1) is 0 Å². The van der Waals surface area contributed by atoms with Crippen molar-refractivity contribution in [3.63, 3.8) is 0 Å². The third kappa shape index (κ3) is 4.87. The molecule has 0 aromatic carbocycles. The lowest BCUT2D eigenvalue weighted by molar-refractivity contribution is -0.135. The van der Waals surface area contributed by atoms with Crippen molar-refractivity contribution in [2.24, 2.45) is 11.8 Å². The van der Waals surface area contributed by atoms with Crippen LogP contribution in [0.15, 0.2) is 11.1 Å². The van der Waals surface area contributed by atoms with Crippen LogP contribution in [0.25, 0.3) is 0 Å². The summed E-state index contributed by atoms with van der Waals surface area (Å²) in [5.41, 5.74) is 2.35. The molecule has 1 aliphatic carbocycles. The van der Waals surface area contributed by atoms with Gasteiger partial charge in [-0.3, -0.25) is 9.59 Å². The molecule has 118 valence electrons. The number of likely N-dealkylation sites (tertiary alicyclic amines) is 1. The van der Waals surface area contributed by atoms with E-state index in [4.69, 9.17) is 0 Å². The van der Waals surface area contributed by atoms with Crippen molar-refractivity contribution in [1.29, 1.82) is 0 Å². The first-order valence-electron chi connectivity index (χ1n) is 8.15. The van der Waals surface area contributed by atoms with Crippen molar-refractivity contribution in [2.75, 3.05) is 19.6 Å². The Bertz CT molecular complexity index is 434. The highest BCUT2D eigenvalue weighted by Crippen LogP contribution is 2.28. The van der Waals surface area contributed by atoms with Gasteiger partial charge in [0.05, 0.1) is 5.92 Å². The molecule has 2 fully saturated rings. The summed E-state index contributed by atoms with van der Waals surface area (Å²) in [6, 6.07) is 0. The van der Waals surface area contributed by atoms with Gasteiger partial charge in [0.15, 0.2) is 0 Å². The molecule has 1 atom stereocenters. The molecule has 1 aliphatic heterocycles. The van der Waals surface area contributed by atoms with E-state index in [9.17, 15) is 9.59 Å². The lowest BCUT2D eigenvalue weighted by Gasteiger charge is -2.32. The summed E-state index contributed by atoms with van der Waals surface area (Å²) in [5, 5.41) is 3.05. The first-order chi connectivity index (χ1) is 9.97. The lowest BCUT2D eigenvalue weighted by atomic mass is 9.96. The number of nitrogens with zero attached hydrogens (tertiary/aromatic N) is 1. The van der Waals surface area contributed by atoms with Crippen molar-refractivity contribution in [1.82, 2.24) is 10.2 Å². The highest BCUT2D eigenvalue weighted by molar-refractivity contribution is 5.82. The van der Waals surface area contributed by atoms with Crippen LogP contribution in [0.3, 0.4) is 0 Å². The first-order valence-corrected chi connectivity index (χ1v) is 8.15. The largest absolute Gasteiger partial charge is 0.356 e. The Morgan fingerprint density at radius 2 is 1.86 bits per heavy atom. The summed E-state index contributed by atoms with van der Waals surface area (Å²) in [6.45, 7) is 8.28. The molecule has 4 nitrogen and oxygen atoms in total. The Labute approximate surface area is 128 Å². The summed E-state index contributed by atoms with van der Waals surface area (Å²) >= 11 is 0. The molecule has 0 spiro atoms. The summed E-state index contributed by atoms with van der Waals surface area (Å²) in [6.07, 6.45) is 4.82. The second kappa shape index (κ2) is 7.10. The van der Waals surface area contributed by atoms with Gasteiger partial charge in [-0.05, 0) is 52.4 Å². The zero-order chi connectivity index (χ0) is 15.4. The van der Waals surface area contributed by atoms with E-state index in [0.717, 1.165) is 31.5 Å². The van der Waals surface area contributed by atoms with Crippen LogP contribution in [0.5, 0.6) is 0 Å². The van der Waals surface area contributed by atoms with E-state index in [1.807, 2.05) is 25.7 Å². The fourth-order valence-corrected chi connectivity index (χ4v) is 2.64. The summed E-state index contributed by atoms with van der Waals surface area (Å²) in [4.78, 5) is 26.4. The van der Waals surface area contributed by atoms with Gasteiger partial charge in [-0.2, -0.15) is 0 Å². The molecule has 21 heavy (non-hydrogen) atoms. The number of allylic oxidation sites excluding steroid dienone is 1. The fraction of sp³-hybridized carbons (Fsp3) is 0.765. The third-order valence-electron chi connectivity index (χ3n) is 4.68. The maximum atomic E-state index is 12.3. The van der Waals surface area contributed by atoms with Crippen molar-refractivity contribution < 1.29 is 9.59 Å². The molecule has 1 saturated carbocycles. The van der Waals surface area contributed by atoms with Gasteiger partial charge in [-0.1, -0.05) is 11.1 Å². The molecular weight excluding hydrogens is 264 g/mol. The number of nitrogens with one attached hydrogen (secondary N) is 1. The van der Waals surface area contributed by atoms with Crippen LogP contribution < -0.4 is 5.32 Å². The van der Waals surface area contributed by atoms with E-state index in [1.165, 1.54) is 18.4 Å². The Hall–Kier alpha value is -1.32. The van der Waals surface area contributed by atoms with Crippen LogP contribution in [-0.4, -0.2) is 36.3 Å². The molecule has 1 heterocycles. The molecule has 0 bridgehead atoms. The van der Waals surface area contributed by atoms with Gasteiger partial charge in [0.1, 0.15) is 0 Å². The molecule has 0 aromatic rings. The standard InChI is InChI=1S/C17H28N2O2/c1-12(2)13(3)9-16(20)19-8-4-5-15(11-19)17(21)18-10-14-6-7-14/h14-15H,4-11H2,1-3H3,(H,18,21). The molecule has 2 rings (SSSR count). The van der Waals surface area contributed by atoms with Gasteiger partial charge in [-0.25, -0.2) is 0 Å². The third-order valence-corrected chi connectivity index (χ3v) is 4.68. The van der Waals surface area contributed by atoms with E-state index in [0.29, 0.717) is 18.9 Å². The number of carbonyl (C=O) groups excluding carboxylic acids is 2. The SMILES string of the molecule is CC(C)=C(C)CC(=O)N1CCCC(C(=O)NCC2CC2)C1. The number of hydrogen-bond acceptors (Lipinski definition) is 2. The zero-order valence-electron chi connectivity index (χ0n) is 13.6. The number of hydrogen-bond donors (Lipinski definition) is 1. The molecule has 0 aromatic heterocycles. The Morgan fingerprint density at radius 3 is 2.48 bits per heavy atom. The normalized spacial score (nSPS) is 21.9. The maximum absolute atomic E-state index is 12.3. The Morgan fingerprint density at radius 1 is 1.14 bits per heavy atom. The van der Waals surface area contributed by atoms with E-state index >= 15 is 0 Å². The van der Waals surface area contributed by atoms with E-state index in [2.05, 4.69) is 5.32 Å². The Kier molecular flexibility index (Phi) is 5.43. The summed E-state index contributed by atoms with van der Waals surface area (Å²) < 4.78 is 0. The molecule has 0 radical (unpaired) electrons. The van der Waals surface area contributed by atoms with Crippen LogP contribution in [-0.2, 0) is 9.59 Å². The van der Waals surface area contributed by atoms with Crippen molar-refractivity contribution in [3.8, 4) is 0 Å². The zero-order valence-corrected chi connectivity index (χ0v) is 13.6. The van der Waals surface area contributed by atoms with Gasteiger partial charge >= 0.3 is 0 Å². The van der Waals surface area contributed by atoms with E-state index < -0.39 is 0 Å². The lowest BCUT2D eigenvalue weighted by Crippen LogP contribution is -2.45. The molecule has 1 N–H and O–H groups in total. The van der Waals surface area contributed by atoms with Gasteiger partial charge in [0, 0.05) is 26.1 Å². The number of amides is 2. The van der Waals surface area contributed by atoms with Crippen LogP contribution in [0.1, 0.15) is 52.9 Å². The monoisotopic (exact) mass is 292 g/mol. The number of carbonyl (C=O) groups is 2. The van der Waals surface area contributed by atoms with Crippen molar-refractivity contribution in [3.05, 3.63) is 11.1 Å². The molecule has 4 heteroatoms. The molecule has 1 saturated heterocycles. The smallest absolute Gasteiger partial charge is 0.226 e. The Balaban J connectivity index is 1.82. The molecule has 1 unspecified atom stereocenters. The summed E-state index contributed by atoms with van der Waals surface area (Å²) in [5.74, 6) is 0.982. The minimum absolute atomic E-state index is 0.0199. The minimum atomic E-state index is -0.0199. The van der Waals surface area contributed by atoms with Gasteiger partial charge < -0.3 is 10.2 Å². The molecule has 2 amide bonds. The molecular formula is C17H28N2O2. The average Bonchev–Trinajstić information content (AvgIpc) is 3.28. The maximum Gasteiger partial charge on any atom is 0.226 e. The average molecular weight is 292 g/mol. The number of rotatable bonds is 5. The second-order valence-corrected chi connectivity index (χ2v) is 6.82. The van der Waals surface area contributed by atoms with Gasteiger partial charge in [0.2, 0.25) is 11.8 Å².